The van der Waals surface area contributed by atoms with Crippen molar-refractivity contribution in [2.75, 3.05) is 5.75 Å². The maximum atomic E-state index is 13.5. The van der Waals surface area contributed by atoms with Crippen LogP contribution in [0.4, 0.5) is 4.39 Å². The molecule has 0 radical (unpaired) electrons. The SMILES string of the molecule is O=C(Cc1cn2ccsc2n1)NC1CCSc2ccc(F)cc21. The van der Waals surface area contributed by atoms with Crippen molar-refractivity contribution >= 4 is 34.0 Å². The second kappa shape index (κ2) is 5.98. The molecule has 0 saturated carbocycles. The van der Waals surface area contributed by atoms with Gasteiger partial charge in [0.25, 0.3) is 0 Å². The minimum Gasteiger partial charge on any atom is -0.349 e. The lowest BCUT2D eigenvalue weighted by atomic mass is 10.0. The molecule has 1 aromatic carbocycles. The summed E-state index contributed by atoms with van der Waals surface area (Å²) in [7, 11) is 0. The van der Waals surface area contributed by atoms with Crippen molar-refractivity contribution in [3.8, 4) is 0 Å². The van der Waals surface area contributed by atoms with E-state index in [9.17, 15) is 9.18 Å². The number of fused-ring (bicyclic) bond motifs is 2. The quantitative estimate of drug-likeness (QED) is 0.790. The maximum absolute atomic E-state index is 13.5. The lowest BCUT2D eigenvalue weighted by Crippen LogP contribution is -2.32. The maximum Gasteiger partial charge on any atom is 0.226 e. The summed E-state index contributed by atoms with van der Waals surface area (Å²) in [6.45, 7) is 0. The minimum absolute atomic E-state index is 0.0807. The number of thiazole rings is 1. The summed E-state index contributed by atoms with van der Waals surface area (Å²) in [5.41, 5.74) is 1.62. The van der Waals surface area contributed by atoms with Gasteiger partial charge in [-0.1, -0.05) is 0 Å². The van der Waals surface area contributed by atoms with Crippen molar-refractivity contribution in [2.24, 2.45) is 0 Å². The normalized spacial score (nSPS) is 17.2. The van der Waals surface area contributed by atoms with E-state index in [0.29, 0.717) is 0 Å². The molecule has 1 aliphatic rings. The average molecular weight is 347 g/mol. The Morgan fingerprint density at radius 1 is 1.48 bits per heavy atom. The number of benzene rings is 1. The largest absolute Gasteiger partial charge is 0.349 e. The van der Waals surface area contributed by atoms with Crippen molar-refractivity contribution < 1.29 is 9.18 Å². The Kier molecular flexibility index (Phi) is 3.82. The molecule has 1 aliphatic heterocycles. The molecule has 118 valence electrons. The summed E-state index contributed by atoms with van der Waals surface area (Å²) in [5.74, 6) is 0.576. The van der Waals surface area contributed by atoms with E-state index >= 15 is 0 Å². The third kappa shape index (κ3) is 2.98. The molecule has 0 aliphatic carbocycles. The summed E-state index contributed by atoms with van der Waals surface area (Å²) in [6, 6.07) is 4.66. The van der Waals surface area contributed by atoms with E-state index in [1.54, 1.807) is 17.8 Å². The lowest BCUT2D eigenvalue weighted by molar-refractivity contribution is -0.121. The first-order chi connectivity index (χ1) is 11.2. The van der Waals surface area contributed by atoms with Crippen LogP contribution < -0.4 is 5.32 Å². The molecule has 2 aromatic heterocycles. The zero-order valence-corrected chi connectivity index (χ0v) is 13.8. The average Bonchev–Trinajstić information content (AvgIpc) is 3.09. The van der Waals surface area contributed by atoms with Gasteiger partial charge < -0.3 is 5.32 Å². The number of nitrogens with zero attached hydrogens (tertiary/aromatic N) is 2. The number of hydrogen-bond donors (Lipinski definition) is 1. The van der Waals surface area contributed by atoms with E-state index in [-0.39, 0.29) is 24.2 Å². The molecular weight excluding hydrogens is 333 g/mol. The highest BCUT2D eigenvalue weighted by atomic mass is 32.2. The Balaban J connectivity index is 1.49. The molecule has 3 heterocycles. The molecule has 7 heteroatoms. The van der Waals surface area contributed by atoms with E-state index in [1.165, 1.54) is 23.5 Å². The molecule has 0 bridgehead atoms. The number of hydrogen-bond acceptors (Lipinski definition) is 4. The van der Waals surface area contributed by atoms with Gasteiger partial charge in [0.2, 0.25) is 5.91 Å². The molecule has 4 nitrogen and oxygen atoms in total. The van der Waals surface area contributed by atoms with Gasteiger partial charge in [0, 0.05) is 28.4 Å². The van der Waals surface area contributed by atoms with E-state index in [4.69, 9.17) is 0 Å². The standard InChI is InChI=1S/C16H14FN3OS2/c17-10-1-2-14-12(7-10)13(3-5-22-14)19-15(21)8-11-9-20-4-6-23-16(20)18-11/h1-2,4,6-7,9,13H,3,5,8H2,(H,19,21). The monoisotopic (exact) mass is 347 g/mol. The number of halogens is 1. The third-order valence-electron chi connectivity index (χ3n) is 3.83. The third-order valence-corrected chi connectivity index (χ3v) is 5.72. The van der Waals surface area contributed by atoms with Crippen LogP contribution >= 0.6 is 23.1 Å². The zero-order valence-electron chi connectivity index (χ0n) is 12.2. The van der Waals surface area contributed by atoms with Crippen LogP contribution in [0.5, 0.6) is 0 Å². The lowest BCUT2D eigenvalue weighted by Gasteiger charge is -2.25. The van der Waals surface area contributed by atoms with Crippen molar-refractivity contribution in [1.29, 1.82) is 0 Å². The van der Waals surface area contributed by atoms with E-state index in [1.807, 2.05) is 22.2 Å². The van der Waals surface area contributed by atoms with Crippen LogP contribution in [0.15, 0.2) is 40.9 Å². The van der Waals surface area contributed by atoms with Crippen molar-refractivity contribution in [3.63, 3.8) is 0 Å². The molecule has 4 rings (SSSR count). The molecule has 0 spiro atoms. The van der Waals surface area contributed by atoms with Crippen LogP contribution in [-0.4, -0.2) is 21.0 Å². The Morgan fingerprint density at radius 3 is 3.26 bits per heavy atom. The number of aromatic nitrogens is 2. The van der Waals surface area contributed by atoms with Crippen LogP contribution in [0.1, 0.15) is 23.7 Å². The summed E-state index contributed by atoms with van der Waals surface area (Å²) in [6.07, 6.45) is 4.84. The summed E-state index contributed by atoms with van der Waals surface area (Å²) < 4.78 is 15.4. The summed E-state index contributed by atoms with van der Waals surface area (Å²) in [4.78, 5) is 18.7. The fraction of sp³-hybridized carbons (Fsp3) is 0.250. The predicted molar refractivity (Wildman–Crippen MR) is 89.4 cm³/mol. The van der Waals surface area contributed by atoms with E-state index in [0.717, 1.165) is 33.3 Å². The Labute approximate surface area is 140 Å². The molecule has 1 N–H and O–H groups in total. The van der Waals surface area contributed by atoms with Crippen LogP contribution in [0.2, 0.25) is 0 Å². The van der Waals surface area contributed by atoms with E-state index < -0.39 is 0 Å². The smallest absolute Gasteiger partial charge is 0.226 e. The van der Waals surface area contributed by atoms with Gasteiger partial charge >= 0.3 is 0 Å². The number of imidazole rings is 1. The fourth-order valence-corrected chi connectivity index (χ4v) is 4.61. The van der Waals surface area contributed by atoms with Crippen molar-refractivity contribution in [1.82, 2.24) is 14.7 Å². The number of thioether (sulfide) groups is 1. The number of nitrogens with one attached hydrogen (secondary N) is 1. The highest BCUT2D eigenvalue weighted by Gasteiger charge is 2.23. The van der Waals surface area contributed by atoms with Crippen LogP contribution in [0.3, 0.4) is 0 Å². The molecule has 23 heavy (non-hydrogen) atoms. The second-order valence-corrected chi connectivity index (χ2v) is 7.45. The first-order valence-corrected chi connectivity index (χ1v) is 9.18. The number of carbonyl (C=O) groups is 1. The number of amides is 1. The van der Waals surface area contributed by atoms with Gasteiger partial charge in [-0.05, 0) is 30.2 Å². The molecule has 1 unspecified atom stereocenters. The topological polar surface area (TPSA) is 46.4 Å². The molecule has 0 fully saturated rings. The zero-order chi connectivity index (χ0) is 15.8. The van der Waals surface area contributed by atoms with Gasteiger partial charge in [0.05, 0.1) is 18.2 Å². The Hall–Kier alpha value is -1.86. The van der Waals surface area contributed by atoms with Crippen molar-refractivity contribution in [2.45, 2.75) is 23.8 Å². The van der Waals surface area contributed by atoms with Gasteiger partial charge in [-0.3, -0.25) is 9.20 Å². The number of rotatable bonds is 3. The van der Waals surface area contributed by atoms with Crippen LogP contribution in [0.25, 0.3) is 4.96 Å². The molecule has 1 atom stereocenters. The first kappa shape index (κ1) is 14.7. The second-order valence-electron chi connectivity index (χ2n) is 5.44. The van der Waals surface area contributed by atoms with E-state index in [2.05, 4.69) is 10.3 Å². The van der Waals surface area contributed by atoms with Crippen molar-refractivity contribution in [3.05, 3.63) is 53.0 Å². The molecule has 1 amide bonds. The minimum atomic E-state index is -0.264. The first-order valence-electron chi connectivity index (χ1n) is 7.32. The van der Waals surface area contributed by atoms with Gasteiger partial charge in [-0.25, -0.2) is 9.37 Å². The van der Waals surface area contributed by atoms with Crippen LogP contribution in [-0.2, 0) is 11.2 Å². The molecule has 0 saturated heterocycles. The van der Waals surface area contributed by atoms with Gasteiger partial charge in [0.15, 0.2) is 4.96 Å². The van der Waals surface area contributed by atoms with Crippen LogP contribution in [0, 0.1) is 5.82 Å². The van der Waals surface area contributed by atoms with Gasteiger partial charge in [-0.15, -0.1) is 23.1 Å². The Morgan fingerprint density at radius 2 is 2.39 bits per heavy atom. The molecule has 3 aromatic rings. The highest BCUT2D eigenvalue weighted by molar-refractivity contribution is 7.99. The predicted octanol–water partition coefficient (Wildman–Crippen LogP) is 3.43. The fourth-order valence-electron chi connectivity index (χ4n) is 2.79. The highest BCUT2D eigenvalue weighted by Crippen LogP contribution is 2.36. The van der Waals surface area contributed by atoms with Gasteiger partial charge in [-0.2, -0.15) is 0 Å². The summed E-state index contributed by atoms with van der Waals surface area (Å²) in [5, 5.41) is 4.98. The number of carbonyl (C=O) groups excluding carboxylic acids is 1. The van der Waals surface area contributed by atoms with Gasteiger partial charge in [0.1, 0.15) is 5.82 Å². The molecular formula is C16H14FN3OS2. The summed E-state index contributed by atoms with van der Waals surface area (Å²) >= 11 is 3.24. The Bertz CT molecular complexity index is 845.